The molecule has 0 aromatic carbocycles. The zero-order valence-electron chi connectivity index (χ0n) is 7.17. The van der Waals surface area contributed by atoms with E-state index in [1.165, 1.54) is 11.3 Å². The van der Waals surface area contributed by atoms with E-state index in [9.17, 15) is 10.1 Å². The Balaban J connectivity index is 2.63. The van der Waals surface area contributed by atoms with Gasteiger partial charge in [0.2, 0.25) is 0 Å². The maximum absolute atomic E-state index is 10.5. The first-order chi connectivity index (χ1) is 5.66. The second kappa shape index (κ2) is 3.38. The fourth-order valence-corrected chi connectivity index (χ4v) is 1.17. The molecule has 0 saturated carbocycles. The van der Waals surface area contributed by atoms with E-state index in [1.807, 2.05) is 6.92 Å². The normalized spacial score (nSPS) is 22.0. The Morgan fingerprint density at radius 2 is 2.42 bits per heavy atom. The maximum atomic E-state index is 10.5. The first-order valence-electron chi connectivity index (χ1n) is 3.83. The van der Waals surface area contributed by atoms with Crippen molar-refractivity contribution in [3.63, 3.8) is 0 Å². The molecule has 0 fully saturated rings. The zero-order chi connectivity index (χ0) is 9.14. The van der Waals surface area contributed by atoms with Gasteiger partial charge in [-0.25, -0.2) is 5.01 Å². The molecule has 1 aliphatic rings. The van der Waals surface area contributed by atoms with Crippen molar-refractivity contribution >= 4 is 6.34 Å². The van der Waals surface area contributed by atoms with E-state index < -0.39 is 6.29 Å². The number of rotatable bonds is 3. The molecule has 0 aromatic heterocycles. The summed E-state index contributed by atoms with van der Waals surface area (Å²) >= 11 is 0. The Kier molecular flexibility index (Phi) is 2.47. The molecule has 1 heterocycles. The van der Waals surface area contributed by atoms with E-state index in [0.717, 1.165) is 6.42 Å². The van der Waals surface area contributed by atoms with Crippen LogP contribution in [0.4, 0.5) is 0 Å². The second-order valence-corrected chi connectivity index (χ2v) is 2.67. The van der Waals surface area contributed by atoms with Gasteiger partial charge >= 0.3 is 6.29 Å². The summed E-state index contributed by atoms with van der Waals surface area (Å²) in [6, 6.07) is 0. The maximum Gasteiger partial charge on any atom is 0.383 e. The number of hydrazone groups is 1. The molecule has 0 amide bonds. The Morgan fingerprint density at radius 3 is 2.92 bits per heavy atom. The topological polar surface area (TPSA) is 62.0 Å². The van der Waals surface area contributed by atoms with Crippen molar-refractivity contribution < 1.29 is 4.92 Å². The molecule has 6 heteroatoms. The summed E-state index contributed by atoms with van der Waals surface area (Å²) in [7, 11) is 1.60. The highest BCUT2D eigenvalue weighted by Gasteiger charge is 2.34. The van der Waals surface area contributed by atoms with Crippen molar-refractivity contribution in [3.05, 3.63) is 10.1 Å². The van der Waals surface area contributed by atoms with Crippen LogP contribution in [0.15, 0.2) is 5.10 Å². The van der Waals surface area contributed by atoms with Gasteiger partial charge in [-0.15, -0.1) is 0 Å². The smallest absolute Gasteiger partial charge is 0.279 e. The minimum Gasteiger partial charge on any atom is -0.279 e. The van der Waals surface area contributed by atoms with Crippen LogP contribution < -0.4 is 0 Å². The van der Waals surface area contributed by atoms with E-state index in [4.69, 9.17) is 0 Å². The molecule has 0 radical (unpaired) electrons. The molecule has 1 atom stereocenters. The molecule has 0 spiro atoms. The number of hydrogen-bond donors (Lipinski definition) is 0. The summed E-state index contributed by atoms with van der Waals surface area (Å²) in [6.45, 7) is 2.64. The summed E-state index contributed by atoms with van der Waals surface area (Å²) in [5.41, 5.74) is 0. The quantitative estimate of drug-likeness (QED) is 0.449. The van der Waals surface area contributed by atoms with Crippen LogP contribution in [0.3, 0.4) is 0 Å². The van der Waals surface area contributed by atoms with Gasteiger partial charge in [0, 0.05) is 13.6 Å². The molecule has 12 heavy (non-hydrogen) atoms. The van der Waals surface area contributed by atoms with Gasteiger partial charge in [-0.1, -0.05) is 6.92 Å². The zero-order valence-corrected chi connectivity index (χ0v) is 7.17. The van der Waals surface area contributed by atoms with Crippen LogP contribution in [0, 0.1) is 10.1 Å². The van der Waals surface area contributed by atoms with Gasteiger partial charge in [0.1, 0.15) is 6.34 Å². The van der Waals surface area contributed by atoms with Crippen LogP contribution in [0.5, 0.6) is 0 Å². The molecular formula is C6H12N4O2. The van der Waals surface area contributed by atoms with Gasteiger partial charge in [-0.2, -0.15) is 5.10 Å². The summed E-state index contributed by atoms with van der Waals surface area (Å²) in [6.07, 6.45) is 1.58. The molecule has 0 aromatic rings. The Labute approximate surface area is 70.6 Å². The lowest BCUT2D eigenvalue weighted by Crippen LogP contribution is -2.44. The minimum absolute atomic E-state index is 0.345. The van der Waals surface area contributed by atoms with Crippen LogP contribution in [0.2, 0.25) is 0 Å². The Hall–Kier alpha value is -1.33. The number of nitrogens with zero attached hydrogens (tertiary/aromatic N) is 4. The minimum atomic E-state index is -0.815. The Bertz CT molecular complexity index is 206. The van der Waals surface area contributed by atoms with Crippen LogP contribution in [-0.4, -0.2) is 41.1 Å². The van der Waals surface area contributed by atoms with Gasteiger partial charge in [-0.3, -0.25) is 15.0 Å². The second-order valence-electron chi connectivity index (χ2n) is 2.67. The summed E-state index contributed by atoms with van der Waals surface area (Å²) in [5, 5.41) is 15.7. The molecular weight excluding hydrogens is 160 g/mol. The lowest BCUT2D eigenvalue weighted by atomic mass is 10.4. The molecule has 1 unspecified atom stereocenters. The molecule has 0 saturated heterocycles. The first-order valence-corrected chi connectivity index (χ1v) is 3.83. The number of nitro groups is 1. The monoisotopic (exact) mass is 172 g/mol. The molecule has 0 bridgehead atoms. The Morgan fingerprint density at radius 1 is 1.75 bits per heavy atom. The van der Waals surface area contributed by atoms with Crippen molar-refractivity contribution in [2.75, 3.05) is 13.6 Å². The van der Waals surface area contributed by atoms with Crippen molar-refractivity contribution in [2.45, 2.75) is 19.6 Å². The standard InChI is InChI=1S/C6H12N4O2/c1-3-4-9-5-7-8(2)6(9)10(11)12/h5-6H,3-4H2,1-2H3. The van der Waals surface area contributed by atoms with E-state index >= 15 is 0 Å². The van der Waals surface area contributed by atoms with Crippen LogP contribution in [0.25, 0.3) is 0 Å². The largest absolute Gasteiger partial charge is 0.383 e. The average Bonchev–Trinajstić information content (AvgIpc) is 2.32. The molecule has 6 nitrogen and oxygen atoms in total. The number of hydrogen-bond acceptors (Lipinski definition) is 5. The highest BCUT2D eigenvalue weighted by molar-refractivity contribution is 5.56. The van der Waals surface area contributed by atoms with Crippen LogP contribution in [-0.2, 0) is 0 Å². The van der Waals surface area contributed by atoms with Gasteiger partial charge in [0.15, 0.2) is 0 Å². The summed E-state index contributed by atoms with van der Waals surface area (Å²) in [4.78, 5) is 11.8. The fraction of sp³-hybridized carbons (Fsp3) is 0.833. The van der Waals surface area contributed by atoms with Crippen LogP contribution in [0.1, 0.15) is 13.3 Å². The molecule has 0 N–H and O–H groups in total. The molecule has 1 rings (SSSR count). The lowest BCUT2D eigenvalue weighted by Gasteiger charge is -2.19. The lowest BCUT2D eigenvalue weighted by molar-refractivity contribution is -0.569. The molecule has 68 valence electrons. The third-order valence-electron chi connectivity index (χ3n) is 1.68. The first kappa shape index (κ1) is 8.76. The highest BCUT2D eigenvalue weighted by Crippen LogP contribution is 2.10. The average molecular weight is 172 g/mol. The SMILES string of the molecule is CCCN1C=NN(C)C1[N+](=O)[O-]. The van der Waals surface area contributed by atoms with E-state index in [1.54, 1.807) is 11.9 Å². The van der Waals surface area contributed by atoms with Crippen LogP contribution >= 0.6 is 0 Å². The summed E-state index contributed by atoms with van der Waals surface area (Å²) < 4.78 is 0. The predicted octanol–water partition coefficient (Wildman–Crippen LogP) is 0.147. The molecule has 0 aliphatic carbocycles. The van der Waals surface area contributed by atoms with Crippen molar-refractivity contribution in [2.24, 2.45) is 5.10 Å². The van der Waals surface area contributed by atoms with Gasteiger partial charge < -0.3 is 0 Å². The third-order valence-corrected chi connectivity index (χ3v) is 1.68. The van der Waals surface area contributed by atoms with Crippen molar-refractivity contribution in [1.29, 1.82) is 0 Å². The van der Waals surface area contributed by atoms with Crippen molar-refractivity contribution in [3.8, 4) is 0 Å². The fourth-order valence-electron chi connectivity index (χ4n) is 1.17. The molecule has 1 aliphatic heterocycles. The van der Waals surface area contributed by atoms with E-state index in [2.05, 4.69) is 5.10 Å². The van der Waals surface area contributed by atoms with Gasteiger partial charge in [0.05, 0.1) is 4.92 Å². The summed E-state index contributed by atoms with van der Waals surface area (Å²) in [5.74, 6) is 0. The van der Waals surface area contributed by atoms with Crippen molar-refractivity contribution in [1.82, 2.24) is 9.91 Å². The third kappa shape index (κ3) is 1.46. The predicted molar refractivity (Wildman–Crippen MR) is 44.0 cm³/mol. The van der Waals surface area contributed by atoms with E-state index in [0.29, 0.717) is 6.54 Å². The van der Waals surface area contributed by atoms with E-state index in [-0.39, 0.29) is 4.92 Å². The highest BCUT2D eigenvalue weighted by atomic mass is 16.6. The van der Waals surface area contributed by atoms with Gasteiger partial charge in [0.25, 0.3) is 0 Å². The van der Waals surface area contributed by atoms with Gasteiger partial charge in [-0.05, 0) is 6.42 Å².